The second-order valence-corrected chi connectivity index (χ2v) is 4.71. The van der Waals surface area contributed by atoms with Crippen LogP contribution in [-0.2, 0) is 16.0 Å². The molecule has 0 amide bonds. The van der Waals surface area contributed by atoms with Gasteiger partial charge in [0.2, 0.25) is 0 Å². The molecule has 0 bridgehead atoms. The summed E-state index contributed by atoms with van der Waals surface area (Å²) in [5.41, 5.74) is -0.944. The Balaban J connectivity index is 2.31. The van der Waals surface area contributed by atoms with Crippen LogP contribution in [0.4, 0.5) is 4.39 Å². The molecule has 1 aliphatic rings. The number of hydrogen-bond acceptors (Lipinski definition) is 3. The van der Waals surface area contributed by atoms with Crippen molar-refractivity contribution >= 4 is 11.8 Å². The van der Waals surface area contributed by atoms with Crippen molar-refractivity contribution in [3.8, 4) is 0 Å². The molecule has 0 saturated heterocycles. The number of hydrogen-bond donors (Lipinski definition) is 1. The predicted molar refractivity (Wildman–Crippen MR) is 61.4 cm³/mol. The Morgan fingerprint density at radius 2 is 2.22 bits per heavy atom. The van der Waals surface area contributed by atoms with Crippen molar-refractivity contribution in [1.82, 2.24) is 4.98 Å². The van der Waals surface area contributed by atoms with Gasteiger partial charge in [0.25, 0.3) is 0 Å². The highest BCUT2D eigenvalue weighted by atomic mass is 19.1. The number of rotatable bonds is 3. The average Bonchev–Trinajstić information content (AvgIpc) is 2.32. The summed E-state index contributed by atoms with van der Waals surface area (Å²) in [7, 11) is 0. The molecule has 0 aliphatic heterocycles. The van der Waals surface area contributed by atoms with Gasteiger partial charge in [0.1, 0.15) is 11.2 Å². The number of aromatic nitrogens is 1. The van der Waals surface area contributed by atoms with Crippen molar-refractivity contribution in [3.05, 3.63) is 29.8 Å². The number of Topliss-reactive ketones (excluding diaryl/α,β-unsaturated/α-hetero) is 1. The summed E-state index contributed by atoms with van der Waals surface area (Å²) in [4.78, 5) is 27.1. The Labute approximate surface area is 104 Å². The lowest BCUT2D eigenvalue weighted by Crippen LogP contribution is -2.43. The molecule has 1 saturated carbocycles. The lowest BCUT2D eigenvalue weighted by atomic mass is 9.69. The number of ketones is 1. The van der Waals surface area contributed by atoms with E-state index in [0.717, 1.165) is 12.6 Å². The Bertz CT molecular complexity index is 489. The molecule has 1 fully saturated rings. The van der Waals surface area contributed by atoms with Crippen LogP contribution in [0.1, 0.15) is 31.2 Å². The molecular weight excluding hydrogens is 237 g/mol. The van der Waals surface area contributed by atoms with Crippen LogP contribution in [0.25, 0.3) is 0 Å². The van der Waals surface area contributed by atoms with Crippen LogP contribution in [-0.4, -0.2) is 21.8 Å². The van der Waals surface area contributed by atoms with Crippen LogP contribution in [0.3, 0.4) is 0 Å². The second-order valence-electron chi connectivity index (χ2n) is 4.71. The fraction of sp³-hybridized carbons (Fsp3) is 0.462. The smallest absolute Gasteiger partial charge is 0.317 e. The maximum Gasteiger partial charge on any atom is 0.317 e. The molecule has 0 radical (unpaired) electrons. The van der Waals surface area contributed by atoms with E-state index in [9.17, 15) is 19.1 Å². The highest BCUT2D eigenvalue weighted by molar-refractivity contribution is 6.03. The molecule has 1 aromatic heterocycles. The molecule has 96 valence electrons. The van der Waals surface area contributed by atoms with Crippen LogP contribution < -0.4 is 0 Å². The largest absolute Gasteiger partial charge is 0.480 e. The number of aliphatic carboxylic acids is 1. The number of nitrogens with zero attached hydrogens (tertiary/aromatic N) is 1. The Morgan fingerprint density at radius 3 is 2.83 bits per heavy atom. The maximum atomic E-state index is 13.0. The van der Waals surface area contributed by atoms with Crippen molar-refractivity contribution in [3.63, 3.8) is 0 Å². The van der Waals surface area contributed by atoms with Crippen molar-refractivity contribution in [2.45, 2.75) is 32.1 Å². The van der Waals surface area contributed by atoms with E-state index in [0.29, 0.717) is 18.4 Å². The third-order valence-electron chi connectivity index (χ3n) is 3.47. The molecule has 1 N–H and O–H groups in total. The quantitative estimate of drug-likeness (QED) is 0.834. The van der Waals surface area contributed by atoms with Gasteiger partial charge in [0, 0.05) is 12.6 Å². The first-order chi connectivity index (χ1) is 8.54. The van der Waals surface area contributed by atoms with Crippen molar-refractivity contribution in [2.75, 3.05) is 0 Å². The third kappa shape index (κ3) is 2.25. The first-order valence-electron chi connectivity index (χ1n) is 5.91. The highest BCUT2D eigenvalue weighted by Crippen LogP contribution is 2.36. The standard InChI is InChI=1S/C13H14FNO3/c14-10-5-9(7-15-8-10)6-13(12(17)18)4-2-1-3-11(13)16/h5,7-8H,1-4,6H2,(H,17,18). The predicted octanol–water partition coefficient (Wildman–Crippen LogP) is 1.98. The summed E-state index contributed by atoms with van der Waals surface area (Å²) in [6.07, 6.45) is 4.53. The second kappa shape index (κ2) is 4.84. The summed E-state index contributed by atoms with van der Waals surface area (Å²) in [6.45, 7) is 0. The van der Waals surface area contributed by atoms with E-state index in [-0.39, 0.29) is 18.6 Å². The lowest BCUT2D eigenvalue weighted by molar-refractivity contribution is -0.157. The first-order valence-corrected chi connectivity index (χ1v) is 5.91. The zero-order valence-electron chi connectivity index (χ0n) is 9.86. The third-order valence-corrected chi connectivity index (χ3v) is 3.47. The Morgan fingerprint density at radius 1 is 1.44 bits per heavy atom. The summed E-state index contributed by atoms with van der Waals surface area (Å²) >= 11 is 0. The van der Waals surface area contributed by atoms with Gasteiger partial charge in [-0.25, -0.2) is 4.39 Å². The normalized spacial score (nSPS) is 23.9. The van der Waals surface area contributed by atoms with E-state index in [1.54, 1.807) is 0 Å². The van der Waals surface area contributed by atoms with E-state index in [1.807, 2.05) is 0 Å². The van der Waals surface area contributed by atoms with Crippen LogP contribution >= 0.6 is 0 Å². The Kier molecular flexibility index (Phi) is 3.41. The highest BCUT2D eigenvalue weighted by Gasteiger charge is 2.46. The number of carboxylic acids is 1. The number of carbonyl (C=O) groups is 2. The molecule has 1 atom stereocenters. The van der Waals surface area contributed by atoms with Gasteiger partial charge in [0.05, 0.1) is 6.20 Å². The average molecular weight is 251 g/mol. The SMILES string of the molecule is O=C(O)C1(Cc2cncc(F)c2)CCCCC1=O. The number of carbonyl (C=O) groups excluding carboxylic acids is 1. The molecule has 4 nitrogen and oxygen atoms in total. The van der Waals surface area contributed by atoms with Gasteiger partial charge < -0.3 is 5.11 Å². The van der Waals surface area contributed by atoms with E-state index < -0.39 is 17.2 Å². The number of carboxylic acid groups (broad SMARTS) is 1. The van der Waals surface area contributed by atoms with Crippen LogP contribution in [0.2, 0.25) is 0 Å². The molecule has 0 spiro atoms. The van der Waals surface area contributed by atoms with Crippen molar-refractivity contribution in [2.24, 2.45) is 5.41 Å². The monoisotopic (exact) mass is 251 g/mol. The zero-order chi connectivity index (χ0) is 13.2. The molecule has 2 rings (SSSR count). The van der Waals surface area contributed by atoms with E-state index in [1.165, 1.54) is 12.3 Å². The number of halogens is 1. The van der Waals surface area contributed by atoms with Crippen LogP contribution in [0.5, 0.6) is 0 Å². The topological polar surface area (TPSA) is 67.3 Å². The fourth-order valence-electron chi connectivity index (χ4n) is 2.48. The van der Waals surface area contributed by atoms with Gasteiger partial charge in [-0.2, -0.15) is 0 Å². The van der Waals surface area contributed by atoms with E-state index in [2.05, 4.69) is 4.98 Å². The zero-order valence-corrected chi connectivity index (χ0v) is 9.86. The molecule has 18 heavy (non-hydrogen) atoms. The van der Waals surface area contributed by atoms with E-state index in [4.69, 9.17) is 0 Å². The molecule has 1 aromatic rings. The van der Waals surface area contributed by atoms with Gasteiger partial charge in [0.15, 0.2) is 5.78 Å². The summed E-state index contributed by atoms with van der Waals surface area (Å²) < 4.78 is 13.0. The lowest BCUT2D eigenvalue weighted by Gasteiger charge is -2.31. The molecule has 1 unspecified atom stereocenters. The molecular formula is C13H14FNO3. The molecule has 1 aliphatic carbocycles. The van der Waals surface area contributed by atoms with Gasteiger partial charge >= 0.3 is 5.97 Å². The summed E-state index contributed by atoms with van der Waals surface area (Å²) in [6, 6.07) is 1.24. The van der Waals surface area contributed by atoms with Crippen molar-refractivity contribution in [1.29, 1.82) is 0 Å². The van der Waals surface area contributed by atoms with Gasteiger partial charge in [-0.15, -0.1) is 0 Å². The maximum absolute atomic E-state index is 13.0. The molecule has 0 aromatic carbocycles. The molecule has 1 heterocycles. The summed E-state index contributed by atoms with van der Waals surface area (Å²) in [5, 5.41) is 9.35. The van der Waals surface area contributed by atoms with Gasteiger partial charge in [-0.05, 0) is 30.9 Å². The van der Waals surface area contributed by atoms with Crippen LogP contribution in [0, 0.1) is 11.2 Å². The van der Waals surface area contributed by atoms with E-state index >= 15 is 0 Å². The van der Waals surface area contributed by atoms with Gasteiger partial charge in [-0.3, -0.25) is 14.6 Å². The Hall–Kier alpha value is -1.78. The molecule has 5 heteroatoms. The van der Waals surface area contributed by atoms with Gasteiger partial charge in [-0.1, -0.05) is 6.42 Å². The minimum atomic E-state index is -1.40. The fourth-order valence-corrected chi connectivity index (χ4v) is 2.48. The first kappa shape index (κ1) is 12.7. The summed E-state index contributed by atoms with van der Waals surface area (Å²) in [5.74, 6) is -1.89. The van der Waals surface area contributed by atoms with Crippen molar-refractivity contribution < 1.29 is 19.1 Å². The minimum absolute atomic E-state index is 0.0198. The number of pyridine rings is 1. The minimum Gasteiger partial charge on any atom is -0.480 e. The van der Waals surface area contributed by atoms with Crippen LogP contribution in [0.15, 0.2) is 18.5 Å².